The van der Waals surface area contributed by atoms with Crippen molar-refractivity contribution < 1.29 is 13.6 Å². The van der Waals surface area contributed by atoms with Crippen LogP contribution in [0.4, 0.5) is 15.8 Å². The molecule has 0 unspecified atom stereocenters. The fourth-order valence-corrected chi connectivity index (χ4v) is 3.90. The predicted molar refractivity (Wildman–Crippen MR) is 118 cm³/mol. The average Bonchev–Trinajstić information content (AvgIpc) is 3.25. The first-order valence-electron chi connectivity index (χ1n) is 9.97. The molecule has 1 amide bonds. The highest BCUT2D eigenvalue weighted by molar-refractivity contribution is 6.33. The Kier molecular flexibility index (Phi) is 6.06. The lowest BCUT2D eigenvalue weighted by Gasteiger charge is -2.36. The fourth-order valence-electron chi connectivity index (χ4n) is 3.60. The second kappa shape index (κ2) is 8.90. The maximum Gasteiger partial charge on any atom is 0.291 e. The van der Waals surface area contributed by atoms with Crippen LogP contribution in [0.3, 0.4) is 0 Å². The summed E-state index contributed by atoms with van der Waals surface area (Å²) in [6.45, 7) is 7.10. The minimum absolute atomic E-state index is 0.144. The van der Waals surface area contributed by atoms with Gasteiger partial charge in [0.2, 0.25) is 0 Å². The first-order valence-corrected chi connectivity index (χ1v) is 10.4. The molecule has 2 aromatic carbocycles. The molecule has 0 spiro atoms. The minimum atomic E-state index is -0.391. The van der Waals surface area contributed by atoms with Gasteiger partial charge in [-0.05, 0) is 49.0 Å². The smallest absolute Gasteiger partial charge is 0.291 e. The van der Waals surface area contributed by atoms with E-state index in [0.717, 1.165) is 38.4 Å². The molecule has 1 fully saturated rings. The third kappa shape index (κ3) is 4.50. The molecule has 1 aliphatic rings. The van der Waals surface area contributed by atoms with Gasteiger partial charge in [0.15, 0.2) is 5.76 Å². The Morgan fingerprint density at radius 3 is 2.60 bits per heavy atom. The zero-order valence-electron chi connectivity index (χ0n) is 16.7. The summed E-state index contributed by atoms with van der Waals surface area (Å²) in [6.07, 6.45) is 0. The van der Waals surface area contributed by atoms with Gasteiger partial charge in [-0.1, -0.05) is 30.7 Å². The van der Waals surface area contributed by atoms with Crippen LogP contribution < -0.4 is 10.2 Å². The summed E-state index contributed by atoms with van der Waals surface area (Å²) < 4.78 is 19.0. The number of anilines is 2. The van der Waals surface area contributed by atoms with E-state index in [1.807, 2.05) is 12.1 Å². The van der Waals surface area contributed by atoms with Crippen molar-refractivity contribution in [2.24, 2.45) is 0 Å². The van der Waals surface area contributed by atoms with E-state index in [1.165, 1.54) is 12.1 Å². The van der Waals surface area contributed by atoms with Gasteiger partial charge in [-0.25, -0.2) is 4.39 Å². The monoisotopic (exact) mass is 427 g/mol. The van der Waals surface area contributed by atoms with E-state index in [0.29, 0.717) is 22.0 Å². The maximum absolute atomic E-state index is 13.4. The quantitative estimate of drug-likeness (QED) is 0.613. The van der Waals surface area contributed by atoms with Gasteiger partial charge >= 0.3 is 0 Å². The van der Waals surface area contributed by atoms with Crippen LogP contribution in [0.1, 0.15) is 17.5 Å². The van der Waals surface area contributed by atoms with Gasteiger partial charge in [0.25, 0.3) is 5.91 Å². The van der Waals surface area contributed by atoms with Crippen molar-refractivity contribution in [3.8, 4) is 11.3 Å². The van der Waals surface area contributed by atoms with Crippen molar-refractivity contribution in [2.45, 2.75) is 6.92 Å². The van der Waals surface area contributed by atoms with Gasteiger partial charge in [-0.15, -0.1) is 0 Å². The van der Waals surface area contributed by atoms with Gasteiger partial charge in [-0.3, -0.25) is 4.79 Å². The van der Waals surface area contributed by atoms with Crippen LogP contribution in [-0.2, 0) is 0 Å². The van der Waals surface area contributed by atoms with Crippen molar-refractivity contribution >= 4 is 28.9 Å². The van der Waals surface area contributed by atoms with E-state index < -0.39 is 5.91 Å². The lowest BCUT2D eigenvalue weighted by atomic mass is 10.2. The summed E-state index contributed by atoms with van der Waals surface area (Å²) in [5.41, 5.74) is 2.13. The summed E-state index contributed by atoms with van der Waals surface area (Å²) in [5, 5.41) is 3.40. The van der Waals surface area contributed by atoms with Gasteiger partial charge in [0, 0.05) is 37.4 Å². The summed E-state index contributed by atoms with van der Waals surface area (Å²) in [7, 11) is 0. The van der Waals surface area contributed by atoms with Gasteiger partial charge in [-0.2, -0.15) is 0 Å². The third-order valence-electron chi connectivity index (χ3n) is 5.30. The van der Waals surface area contributed by atoms with Crippen LogP contribution in [0, 0.1) is 5.82 Å². The van der Waals surface area contributed by atoms with Crippen molar-refractivity contribution in [3.05, 3.63) is 71.2 Å². The molecule has 156 valence electrons. The molecule has 1 aliphatic heterocycles. The summed E-state index contributed by atoms with van der Waals surface area (Å²) in [5.74, 6) is -0.178. The van der Waals surface area contributed by atoms with Crippen LogP contribution >= 0.6 is 11.6 Å². The van der Waals surface area contributed by atoms with E-state index in [4.69, 9.17) is 16.0 Å². The molecule has 7 heteroatoms. The Bertz CT molecular complexity index is 1040. The number of nitrogens with zero attached hydrogens (tertiary/aromatic N) is 2. The van der Waals surface area contributed by atoms with Crippen LogP contribution in [0.2, 0.25) is 5.02 Å². The van der Waals surface area contributed by atoms with Crippen LogP contribution in [0.15, 0.2) is 59.0 Å². The van der Waals surface area contributed by atoms with Crippen molar-refractivity contribution in [2.75, 3.05) is 42.9 Å². The number of hydrogen-bond donors (Lipinski definition) is 1. The van der Waals surface area contributed by atoms with Crippen molar-refractivity contribution in [1.82, 2.24) is 4.90 Å². The Morgan fingerprint density at radius 1 is 1.10 bits per heavy atom. The zero-order valence-corrected chi connectivity index (χ0v) is 17.5. The molecule has 1 saturated heterocycles. The molecule has 0 bridgehead atoms. The number of furan rings is 1. The highest BCUT2D eigenvalue weighted by atomic mass is 35.5. The first-order chi connectivity index (χ1) is 14.5. The number of nitrogens with one attached hydrogen (secondary N) is 1. The summed E-state index contributed by atoms with van der Waals surface area (Å²) in [6, 6.07) is 14.8. The normalized spacial score (nSPS) is 14.7. The Morgan fingerprint density at radius 2 is 1.90 bits per heavy atom. The summed E-state index contributed by atoms with van der Waals surface area (Å²) in [4.78, 5) is 17.2. The highest BCUT2D eigenvalue weighted by Gasteiger charge is 2.19. The first kappa shape index (κ1) is 20.4. The Labute approximate surface area is 180 Å². The number of amides is 1. The second-order valence-electron chi connectivity index (χ2n) is 7.22. The molecule has 1 N–H and O–H groups in total. The predicted octanol–water partition coefficient (Wildman–Crippen LogP) is 5.13. The van der Waals surface area contributed by atoms with Gasteiger partial charge in [0.05, 0.1) is 10.7 Å². The molecule has 0 atom stereocenters. The minimum Gasteiger partial charge on any atom is -0.451 e. The molecule has 1 aromatic heterocycles. The largest absolute Gasteiger partial charge is 0.451 e. The molecule has 30 heavy (non-hydrogen) atoms. The number of likely N-dealkylation sites (N-methyl/N-ethyl adjacent to an activating group) is 1. The lowest BCUT2D eigenvalue weighted by Crippen LogP contribution is -2.46. The number of carbonyl (C=O) groups is 1. The van der Waals surface area contributed by atoms with Crippen molar-refractivity contribution in [1.29, 1.82) is 0 Å². The Hall–Kier alpha value is -2.83. The number of hydrogen-bond acceptors (Lipinski definition) is 4. The van der Waals surface area contributed by atoms with Crippen LogP contribution in [0.5, 0.6) is 0 Å². The standard InChI is InChI=1S/C23H23ClFN3O2/c1-2-27-10-12-28(13-11-27)20-7-6-18(15-19(20)24)26-23(29)22-9-8-21(30-22)16-4-3-5-17(25)14-16/h3-9,14-15H,2,10-13H2,1H3,(H,26,29). The number of rotatable bonds is 5. The number of halogens is 2. The van der Waals surface area contributed by atoms with E-state index in [-0.39, 0.29) is 11.6 Å². The fraction of sp³-hybridized carbons (Fsp3) is 0.261. The molecule has 4 rings (SSSR count). The van der Waals surface area contributed by atoms with Crippen LogP contribution in [0.25, 0.3) is 11.3 Å². The number of piperazine rings is 1. The molecule has 0 radical (unpaired) electrons. The van der Waals surface area contributed by atoms with Crippen molar-refractivity contribution in [3.63, 3.8) is 0 Å². The van der Waals surface area contributed by atoms with E-state index >= 15 is 0 Å². The Balaban J connectivity index is 1.43. The molecular weight excluding hydrogens is 405 g/mol. The molecule has 2 heterocycles. The number of benzene rings is 2. The van der Waals surface area contributed by atoms with E-state index in [2.05, 4.69) is 22.0 Å². The van der Waals surface area contributed by atoms with Gasteiger partial charge in [0.1, 0.15) is 11.6 Å². The second-order valence-corrected chi connectivity index (χ2v) is 7.62. The number of carbonyl (C=O) groups excluding carboxylic acids is 1. The van der Waals surface area contributed by atoms with E-state index in [9.17, 15) is 9.18 Å². The average molecular weight is 428 g/mol. The molecule has 5 nitrogen and oxygen atoms in total. The van der Waals surface area contributed by atoms with Gasteiger partial charge < -0.3 is 19.5 Å². The third-order valence-corrected chi connectivity index (χ3v) is 5.61. The summed E-state index contributed by atoms with van der Waals surface area (Å²) >= 11 is 6.50. The topological polar surface area (TPSA) is 48.7 Å². The zero-order chi connectivity index (χ0) is 21.1. The molecule has 0 aliphatic carbocycles. The van der Waals surface area contributed by atoms with E-state index in [1.54, 1.807) is 30.3 Å². The molecule has 3 aromatic rings. The molecule has 0 saturated carbocycles. The maximum atomic E-state index is 13.4. The SMILES string of the molecule is CCN1CCN(c2ccc(NC(=O)c3ccc(-c4cccc(F)c4)o3)cc2Cl)CC1. The van der Waals surface area contributed by atoms with Crippen LogP contribution in [-0.4, -0.2) is 43.5 Å². The highest BCUT2D eigenvalue weighted by Crippen LogP contribution is 2.30. The molecular formula is C23H23ClFN3O2. The lowest BCUT2D eigenvalue weighted by molar-refractivity contribution is 0.0997.